The van der Waals surface area contributed by atoms with Gasteiger partial charge in [0.2, 0.25) is 0 Å². The summed E-state index contributed by atoms with van der Waals surface area (Å²) in [5.41, 5.74) is 1.01. The maximum atomic E-state index is 9.08. The van der Waals surface area contributed by atoms with Gasteiger partial charge in [-0.2, -0.15) is 0 Å². The zero-order valence-corrected chi connectivity index (χ0v) is 12.1. The Hall–Kier alpha value is -1.92. The van der Waals surface area contributed by atoms with Crippen LogP contribution in [0.5, 0.6) is 0 Å². The molecule has 0 aliphatic heterocycles. The summed E-state index contributed by atoms with van der Waals surface area (Å²) in [7, 11) is 0. The lowest BCUT2D eigenvalue weighted by Crippen LogP contribution is -2.07. The highest BCUT2D eigenvalue weighted by molar-refractivity contribution is 7.09. The quantitative estimate of drug-likeness (QED) is 0.802. The summed E-state index contributed by atoms with van der Waals surface area (Å²) in [6, 6.07) is 3.66. The van der Waals surface area contributed by atoms with E-state index >= 15 is 0 Å². The third-order valence-electron chi connectivity index (χ3n) is 3.19. The minimum atomic E-state index is -0.110. The molecule has 0 saturated heterocycles. The lowest BCUT2D eigenvalue weighted by Gasteiger charge is -2.13. The van der Waals surface area contributed by atoms with Crippen LogP contribution in [-0.2, 0) is 6.61 Å². The molecule has 0 fully saturated rings. The molecule has 3 heterocycles. The second-order valence-electron chi connectivity index (χ2n) is 4.55. The molecule has 5 nitrogen and oxygen atoms in total. The molecule has 0 aliphatic rings. The van der Waals surface area contributed by atoms with Gasteiger partial charge in [0.25, 0.3) is 0 Å². The van der Waals surface area contributed by atoms with E-state index < -0.39 is 0 Å². The summed E-state index contributed by atoms with van der Waals surface area (Å²) >= 11 is 1.64. The van der Waals surface area contributed by atoms with Crippen molar-refractivity contribution < 1.29 is 9.52 Å². The number of aliphatic hydroxyl groups excluding tert-OH is 1. The van der Waals surface area contributed by atoms with Crippen LogP contribution in [0.2, 0.25) is 0 Å². The van der Waals surface area contributed by atoms with E-state index in [-0.39, 0.29) is 12.6 Å². The molecule has 3 aromatic rings. The van der Waals surface area contributed by atoms with E-state index in [4.69, 9.17) is 9.52 Å². The van der Waals surface area contributed by atoms with Gasteiger partial charge in [-0.15, -0.1) is 11.3 Å². The molecule has 104 valence electrons. The zero-order chi connectivity index (χ0) is 14.1. The standard InChI is InChI=1S/C14H15N3O2S/c1-9(12-8-20-10(2)16-12)17-6-5-15-14(17)13-4-3-11(7-18)19-13/h3-6,8-9,18H,7H2,1-2H3/t9-/m0/s1. The van der Waals surface area contributed by atoms with Crippen molar-refractivity contribution in [1.29, 1.82) is 0 Å². The highest BCUT2D eigenvalue weighted by atomic mass is 32.1. The van der Waals surface area contributed by atoms with E-state index in [2.05, 4.69) is 22.3 Å². The molecular weight excluding hydrogens is 274 g/mol. The Labute approximate surface area is 120 Å². The van der Waals surface area contributed by atoms with Gasteiger partial charge in [-0.1, -0.05) is 0 Å². The molecule has 0 amide bonds. The van der Waals surface area contributed by atoms with Crippen molar-refractivity contribution in [3.8, 4) is 11.6 Å². The molecule has 3 rings (SSSR count). The molecule has 1 atom stereocenters. The first-order chi connectivity index (χ1) is 9.69. The Morgan fingerprint density at radius 2 is 2.30 bits per heavy atom. The average molecular weight is 289 g/mol. The molecule has 3 aromatic heterocycles. The SMILES string of the molecule is Cc1nc([C@H](C)n2ccnc2-c2ccc(CO)o2)cs1. The van der Waals surface area contributed by atoms with Gasteiger partial charge in [-0.25, -0.2) is 9.97 Å². The minimum absolute atomic E-state index is 0.0835. The van der Waals surface area contributed by atoms with Crippen LogP contribution in [-0.4, -0.2) is 19.6 Å². The van der Waals surface area contributed by atoms with Crippen LogP contribution in [0.1, 0.15) is 29.4 Å². The van der Waals surface area contributed by atoms with Crippen molar-refractivity contribution >= 4 is 11.3 Å². The second kappa shape index (κ2) is 5.22. The van der Waals surface area contributed by atoms with Crippen LogP contribution < -0.4 is 0 Å². The Morgan fingerprint density at radius 1 is 1.45 bits per heavy atom. The molecule has 0 bridgehead atoms. The van der Waals surface area contributed by atoms with Gasteiger partial charge in [-0.3, -0.25) is 0 Å². The smallest absolute Gasteiger partial charge is 0.176 e. The van der Waals surface area contributed by atoms with Crippen LogP contribution in [0, 0.1) is 6.92 Å². The number of furan rings is 1. The van der Waals surface area contributed by atoms with E-state index in [9.17, 15) is 0 Å². The summed E-state index contributed by atoms with van der Waals surface area (Å²) < 4.78 is 7.58. The fraction of sp³-hybridized carbons (Fsp3) is 0.286. The Balaban J connectivity index is 1.97. The lowest BCUT2D eigenvalue weighted by molar-refractivity contribution is 0.248. The molecule has 0 radical (unpaired) electrons. The summed E-state index contributed by atoms with van der Waals surface area (Å²) in [6.45, 7) is 3.97. The van der Waals surface area contributed by atoms with Gasteiger partial charge in [0.1, 0.15) is 12.4 Å². The lowest BCUT2D eigenvalue weighted by atomic mass is 10.2. The summed E-state index contributed by atoms with van der Waals surface area (Å²) in [6.07, 6.45) is 3.65. The van der Waals surface area contributed by atoms with E-state index in [0.717, 1.165) is 16.5 Å². The van der Waals surface area contributed by atoms with Crippen LogP contribution in [0.3, 0.4) is 0 Å². The monoisotopic (exact) mass is 289 g/mol. The molecule has 6 heteroatoms. The highest BCUT2D eigenvalue weighted by Crippen LogP contribution is 2.27. The first-order valence-electron chi connectivity index (χ1n) is 6.34. The normalized spacial score (nSPS) is 12.8. The predicted molar refractivity (Wildman–Crippen MR) is 76.5 cm³/mol. The number of hydrogen-bond donors (Lipinski definition) is 1. The Kier molecular flexibility index (Phi) is 3.42. The third kappa shape index (κ3) is 2.28. The van der Waals surface area contributed by atoms with Crippen LogP contribution >= 0.6 is 11.3 Å². The van der Waals surface area contributed by atoms with Crippen LogP contribution in [0.25, 0.3) is 11.6 Å². The van der Waals surface area contributed by atoms with Gasteiger partial charge in [-0.05, 0) is 26.0 Å². The van der Waals surface area contributed by atoms with Gasteiger partial charge >= 0.3 is 0 Å². The van der Waals surface area contributed by atoms with Crippen molar-refractivity contribution in [2.75, 3.05) is 0 Å². The average Bonchev–Trinajstić information content (AvgIpc) is 3.17. The Bertz CT molecular complexity index is 713. The van der Waals surface area contributed by atoms with E-state index in [1.807, 2.05) is 23.8 Å². The van der Waals surface area contributed by atoms with E-state index in [1.54, 1.807) is 23.6 Å². The maximum Gasteiger partial charge on any atom is 0.176 e. The number of aliphatic hydroxyl groups is 1. The molecular formula is C14H15N3O2S. The minimum Gasteiger partial charge on any atom is -0.455 e. The molecule has 20 heavy (non-hydrogen) atoms. The topological polar surface area (TPSA) is 64.1 Å². The molecule has 0 unspecified atom stereocenters. The number of aromatic nitrogens is 3. The summed E-state index contributed by atoms with van der Waals surface area (Å²) in [5.74, 6) is 1.92. The molecule has 0 aliphatic carbocycles. The van der Waals surface area contributed by atoms with E-state index in [1.165, 1.54) is 0 Å². The molecule has 0 aromatic carbocycles. The van der Waals surface area contributed by atoms with Crippen molar-refractivity contribution in [3.63, 3.8) is 0 Å². The molecule has 1 N–H and O–H groups in total. The maximum absolute atomic E-state index is 9.08. The fourth-order valence-corrected chi connectivity index (χ4v) is 2.81. The third-order valence-corrected chi connectivity index (χ3v) is 3.98. The first-order valence-corrected chi connectivity index (χ1v) is 7.22. The van der Waals surface area contributed by atoms with Gasteiger partial charge < -0.3 is 14.1 Å². The molecule has 0 spiro atoms. The van der Waals surface area contributed by atoms with Gasteiger partial charge in [0, 0.05) is 17.8 Å². The number of thiazole rings is 1. The van der Waals surface area contributed by atoms with Crippen molar-refractivity contribution in [1.82, 2.24) is 14.5 Å². The predicted octanol–water partition coefficient (Wildman–Crippen LogP) is 3.01. The zero-order valence-electron chi connectivity index (χ0n) is 11.3. The van der Waals surface area contributed by atoms with Crippen LogP contribution in [0.15, 0.2) is 34.3 Å². The summed E-state index contributed by atoms with van der Waals surface area (Å²) in [4.78, 5) is 8.87. The number of hydrogen-bond acceptors (Lipinski definition) is 5. The summed E-state index contributed by atoms with van der Waals surface area (Å²) in [5, 5.41) is 12.2. The second-order valence-corrected chi connectivity index (χ2v) is 5.61. The van der Waals surface area contributed by atoms with Gasteiger partial charge in [0.15, 0.2) is 11.6 Å². The first kappa shape index (κ1) is 13.1. The highest BCUT2D eigenvalue weighted by Gasteiger charge is 2.17. The van der Waals surface area contributed by atoms with Crippen molar-refractivity contribution in [3.05, 3.63) is 46.4 Å². The number of nitrogens with zero attached hydrogens (tertiary/aromatic N) is 3. The number of rotatable bonds is 4. The van der Waals surface area contributed by atoms with Gasteiger partial charge in [0.05, 0.1) is 16.7 Å². The fourth-order valence-electron chi connectivity index (χ4n) is 2.11. The van der Waals surface area contributed by atoms with Crippen molar-refractivity contribution in [2.45, 2.75) is 26.5 Å². The Morgan fingerprint density at radius 3 is 2.95 bits per heavy atom. The number of aryl methyl sites for hydroxylation is 1. The van der Waals surface area contributed by atoms with Crippen LogP contribution in [0.4, 0.5) is 0 Å². The van der Waals surface area contributed by atoms with E-state index in [0.29, 0.717) is 11.5 Å². The van der Waals surface area contributed by atoms with Crippen molar-refractivity contribution in [2.24, 2.45) is 0 Å². The molecule has 0 saturated carbocycles. The number of imidazole rings is 1. The largest absolute Gasteiger partial charge is 0.455 e.